The van der Waals surface area contributed by atoms with Crippen LogP contribution in [0.5, 0.6) is 0 Å². The van der Waals surface area contributed by atoms with Crippen molar-refractivity contribution in [3.63, 3.8) is 0 Å². The number of carbonyl (C=O) groups excluding carboxylic acids is 1. The number of ether oxygens (including phenoxy) is 1. The van der Waals surface area contributed by atoms with Crippen LogP contribution in [0.2, 0.25) is 10.0 Å². The van der Waals surface area contributed by atoms with Gasteiger partial charge in [0.2, 0.25) is 10.0 Å². The fraction of sp³-hybridized carbons (Fsp3) is 0.632. The van der Waals surface area contributed by atoms with Crippen molar-refractivity contribution in [2.24, 2.45) is 0 Å². The summed E-state index contributed by atoms with van der Waals surface area (Å²) in [4.78, 5) is 15.1. The Bertz CT molecular complexity index is 849. The van der Waals surface area contributed by atoms with Gasteiger partial charge in [-0.3, -0.25) is 4.79 Å². The first-order valence-electron chi connectivity index (χ1n) is 9.82. The highest BCUT2D eigenvalue weighted by molar-refractivity contribution is 7.89. The average molecular weight is 464 g/mol. The molecule has 7 nitrogen and oxygen atoms in total. The molecule has 0 saturated carbocycles. The minimum atomic E-state index is -3.84. The summed E-state index contributed by atoms with van der Waals surface area (Å²) < 4.78 is 32.5. The molecule has 2 aliphatic heterocycles. The van der Waals surface area contributed by atoms with Crippen molar-refractivity contribution >= 4 is 39.1 Å². The number of halogens is 2. The molecule has 0 spiro atoms. The van der Waals surface area contributed by atoms with Crippen LogP contribution in [0, 0.1) is 0 Å². The first kappa shape index (κ1) is 22.8. The van der Waals surface area contributed by atoms with Gasteiger partial charge < -0.3 is 15.0 Å². The summed E-state index contributed by atoms with van der Waals surface area (Å²) >= 11 is 12.4. The summed E-state index contributed by atoms with van der Waals surface area (Å²) in [5.74, 6) is -0.381. The smallest absolute Gasteiger partial charge is 0.253 e. The van der Waals surface area contributed by atoms with E-state index < -0.39 is 10.0 Å². The van der Waals surface area contributed by atoms with E-state index in [0.29, 0.717) is 19.3 Å². The lowest BCUT2D eigenvalue weighted by Gasteiger charge is -2.34. The van der Waals surface area contributed by atoms with Crippen molar-refractivity contribution in [3.8, 4) is 0 Å². The van der Waals surface area contributed by atoms with E-state index >= 15 is 0 Å². The van der Waals surface area contributed by atoms with E-state index in [9.17, 15) is 13.2 Å². The van der Waals surface area contributed by atoms with Crippen LogP contribution in [0.3, 0.4) is 0 Å². The molecule has 0 radical (unpaired) electrons. The zero-order chi connectivity index (χ0) is 21.2. The van der Waals surface area contributed by atoms with Gasteiger partial charge in [-0.15, -0.1) is 0 Å². The molecule has 2 saturated heterocycles. The number of hydrogen-bond donors (Lipinski definition) is 1. The first-order valence-corrected chi connectivity index (χ1v) is 12.0. The predicted molar refractivity (Wildman–Crippen MR) is 113 cm³/mol. The van der Waals surface area contributed by atoms with E-state index in [4.69, 9.17) is 27.9 Å². The van der Waals surface area contributed by atoms with Crippen LogP contribution in [0.25, 0.3) is 0 Å². The lowest BCUT2D eigenvalue weighted by Crippen LogP contribution is -2.46. The average Bonchev–Trinajstić information content (AvgIpc) is 2.68. The molecule has 1 amide bonds. The van der Waals surface area contributed by atoms with E-state index in [-0.39, 0.29) is 45.5 Å². The highest BCUT2D eigenvalue weighted by atomic mass is 35.5. The summed E-state index contributed by atoms with van der Waals surface area (Å²) in [6.45, 7) is 7.28. The number of nitrogens with zero attached hydrogens (tertiary/aromatic N) is 2. The minimum absolute atomic E-state index is 0.00304. The van der Waals surface area contributed by atoms with Crippen LogP contribution < -0.4 is 5.32 Å². The fourth-order valence-electron chi connectivity index (χ4n) is 3.65. The van der Waals surface area contributed by atoms with Gasteiger partial charge in [0.15, 0.2) is 0 Å². The molecule has 0 aliphatic carbocycles. The Balaban J connectivity index is 1.77. The van der Waals surface area contributed by atoms with Crippen molar-refractivity contribution < 1.29 is 17.9 Å². The molecule has 162 valence electrons. The third kappa shape index (κ3) is 5.24. The molecule has 2 aliphatic rings. The Hall–Kier alpha value is -0.900. The molecule has 29 heavy (non-hydrogen) atoms. The Morgan fingerprint density at radius 3 is 2.31 bits per heavy atom. The van der Waals surface area contributed by atoms with E-state index in [1.807, 2.05) is 0 Å². The third-order valence-corrected chi connectivity index (χ3v) is 8.13. The number of carbonyl (C=O) groups is 1. The van der Waals surface area contributed by atoms with Gasteiger partial charge in [0.05, 0.1) is 28.8 Å². The van der Waals surface area contributed by atoms with Gasteiger partial charge in [-0.25, -0.2) is 8.42 Å². The molecule has 0 aromatic heterocycles. The molecule has 1 aromatic rings. The number of sulfonamides is 1. The van der Waals surface area contributed by atoms with Gasteiger partial charge in [0, 0.05) is 38.3 Å². The summed E-state index contributed by atoms with van der Waals surface area (Å²) in [5, 5.41) is 3.13. The number of amides is 1. The van der Waals surface area contributed by atoms with E-state index in [1.54, 1.807) is 0 Å². The van der Waals surface area contributed by atoms with E-state index in [1.165, 1.54) is 16.4 Å². The van der Waals surface area contributed by atoms with Gasteiger partial charge >= 0.3 is 0 Å². The molecule has 10 heteroatoms. The van der Waals surface area contributed by atoms with Gasteiger partial charge in [-0.05, 0) is 38.8 Å². The van der Waals surface area contributed by atoms with Gasteiger partial charge in [0.1, 0.15) is 4.90 Å². The summed E-state index contributed by atoms with van der Waals surface area (Å²) in [6.07, 6.45) is 1.68. The van der Waals surface area contributed by atoms with Gasteiger partial charge in [0.25, 0.3) is 5.91 Å². The Labute approximate surface area is 182 Å². The van der Waals surface area contributed by atoms with E-state index in [2.05, 4.69) is 24.1 Å². The third-order valence-electron chi connectivity index (χ3n) is 5.45. The number of likely N-dealkylation sites (tertiary alicyclic amines) is 1. The Morgan fingerprint density at radius 2 is 1.72 bits per heavy atom. The van der Waals surface area contributed by atoms with Crippen molar-refractivity contribution in [3.05, 3.63) is 27.7 Å². The number of piperidine rings is 1. The Morgan fingerprint density at radius 1 is 1.10 bits per heavy atom. The Kier molecular flexibility index (Phi) is 7.46. The summed E-state index contributed by atoms with van der Waals surface area (Å²) in [6, 6.07) is 3.12. The maximum atomic E-state index is 13.0. The highest BCUT2D eigenvalue weighted by Crippen LogP contribution is 2.31. The maximum absolute atomic E-state index is 13.0. The monoisotopic (exact) mass is 463 g/mol. The van der Waals surface area contributed by atoms with Crippen LogP contribution >= 0.6 is 23.2 Å². The molecular formula is C19H27Cl2N3O4S. The van der Waals surface area contributed by atoms with Crippen molar-refractivity contribution in [1.29, 1.82) is 0 Å². The number of benzene rings is 1. The largest absolute Gasteiger partial charge is 0.379 e. The number of morpholine rings is 1. The maximum Gasteiger partial charge on any atom is 0.253 e. The lowest BCUT2D eigenvalue weighted by atomic mass is 10.0. The normalized spacial score (nSPS) is 20.2. The summed E-state index contributed by atoms with van der Waals surface area (Å²) in [7, 11) is -3.84. The van der Waals surface area contributed by atoms with Crippen molar-refractivity contribution in [1.82, 2.24) is 14.5 Å². The predicted octanol–water partition coefficient (Wildman–Crippen LogP) is 2.62. The summed E-state index contributed by atoms with van der Waals surface area (Å²) in [5.41, 5.74) is 0.120. The fourth-order valence-corrected chi connectivity index (χ4v) is 5.89. The second kappa shape index (κ2) is 9.49. The molecular weight excluding hydrogens is 437 g/mol. The van der Waals surface area contributed by atoms with Crippen LogP contribution in [-0.4, -0.2) is 75.0 Å². The zero-order valence-corrected chi connectivity index (χ0v) is 19.0. The molecule has 1 aromatic carbocycles. The molecule has 2 fully saturated rings. The first-order chi connectivity index (χ1) is 13.7. The van der Waals surface area contributed by atoms with Crippen molar-refractivity contribution in [2.75, 3.05) is 39.4 Å². The zero-order valence-electron chi connectivity index (χ0n) is 16.7. The van der Waals surface area contributed by atoms with Crippen LogP contribution in [0.1, 0.15) is 37.0 Å². The minimum Gasteiger partial charge on any atom is -0.379 e. The van der Waals surface area contributed by atoms with Crippen molar-refractivity contribution in [2.45, 2.75) is 43.7 Å². The molecule has 1 N–H and O–H groups in total. The molecule has 0 unspecified atom stereocenters. The quantitative estimate of drug-likeness (QED) is 0.725. The standard InChI is InChI=1S/C19H27Cl2N3O4S/c1-13(2)23-5-3-14(4-6-23)22-19(25)15-11-18(17(21)12-16(15)20)29(26,27)24-7-9-28-10-8-24/h11-14H,3-10H2,1-2H3,(H,22,25). The number of rotatable bonds is 5. The molecule has 2 heterocycles. The number of hydrogen-bond acceptors (Lipinski definition) is 5. The molecule has 0 atom stereocenters. The van der Waals surface area contributed by atoms with Gasteiger partial charge in [-0.2, -0.15) is 4.31 Å². The van der Waals surface area contributed by atoms with Crippen LogP contribution in [0.15, 0.2) is 17.0 Å². The SMILES string of the molecule is CC(C)N1CCC(NC(=O)c2cc(S(=O)(=O)N3CCOCC3)c(Cl)cc2Cl)CC1. The number of nitrogens with one attached hydrogen (secondary N) is 1. The van der Waals surface area contributed by atoms with Gasteiger partial charge in [-0.1, -0.05) is 23.2 Å². The van der Waals surface area contributed by atoms with Crippen LogP contribution in [-0.2, 0) is 14.8 Å². The second-order valence-corrected chi connectivity index (χ2v) is 10.4. The molecule has 0 bridgehead atoms. The highest BCUT2D eigenvalue weighted by Gasteiger charge is 2.31. The van der Waals surface area contributed by atoms with Crippen LogP contribution in [0.4, 0.5) is 0 Å². The second-order valence-electron chi connectivity index (χ2n) is 7.66. The topological polar surface area (TPSA) is 79.0 Å². The lowest BCUT2D eigenvalue weighted by molar-refractivity contribution is 0.0730. The van der Waals surface area contributed by atoms with E-state index in [0.717, 1.165) is 25.9 Å². The molecule has 3 rings (SSSR count).